The smallest absolute Gasteiger partial charge is 0.255 e. The van der Waals surface area contributed by atoms with Crippen molar-refractivity contribution in [1.82, 2.24) is 5.32 Å². The van der Waals surface area contributed by atoms with E-state index in [1.807, 2.05) is 48.5 Å². The number of rotatable bonds is 4. The Labute approximate surface area is 213 Å². The van der Waals surface area contributed by atoms with Crippen LogP contribution in [-0.4, -0.2) is 16.9 Å². The van der Waals surface area contributed by atoms with Crippen molar-refractivity contribution in [2.24, 2.45) is 23.2 Å². The van der Waals surface area contributed by atoms with Gasteiger partial charge >= 0.3 is 0 Å². The van der Waals surface area contributed by atoms with Crippen molar-refractivity contribution in [3.8, 4) is 0 Å². The van der Waals surface area contributed by atoms with Gasteiger partial charge in [0.2, 0.25) is 5.91 Å². The molecule has 4 aliphatic carbocycles. The van der Waals surface area contributed by atoms with Gasteiger partial charge in [0, 0.05) is 16.9 Å². The molecule has 0 heterocycles. The van der Waals surface area contributed by atoms with Crippen LogP contribution in [0.3, 0.4) is 0 Å². The molecule has 6 heteroatoms. The minimum atomic E-state index is -0.223. The normalized spacial score (nSPS) is 26.8. The molecule has 0 aromatic heterocycles. The lowest BCUT2D eigenvalue weighted by molar-refractivity contribution is -0.144. The third-order valence-corrected chi connectivity index (χ3v) is 8.36. The Morgan fingerprint density at radius 2 is 1.29 bits per heavy atom. The van der Waals surface area contributed by atoms with Gasteiger partial charge in [-0.1, -0.05) is 32.9 Å². The Hall–Kier alpha value is -2.73. The molecule has 2 aromatic carbocycles. The highest BCUT2D eigenvalue weighted by atomic mass is 32.1. The van der Waals surface area contributed by atoms with Crippen molar-refractivity contribution < 1.29 is 9.59 Å². The molecule has 0 spiro atoms. The molecule has 0 saturated heterocycles. The first kappa shape index (κ1) is 24.0. The number of carbonyl (C=O) groups is 2. The monoisotopic (exact) mass is 489 g/mol. The topological polar surface area (TPSA) is 70.2 Å². The average molecular weight is 490 g/mol. The fraction of sp³-hybridized carbons (Fsp3) is 0.483. The van der Waals surface area contributed by atoms with E-state index in [-0.39, 0.29) is 22.6 Å². The highest BCUT2D eigenvalue weighted by Crippen LogP contribution is 2.60. The van der Waals surface area contributed by atoms with Crippen molar-refractivity contribution >= 4 is 40.5 Å². The van der Waals surface area contributed by atoms with Gasteiger partial charge in [-0.3, -0.25) is 9.59 Å². The van der Waals surface area contributed by atoms with Crippen LogP contribution in [0.2, 0.25) is 0 Å². The van der Waals surface area contributed by atoms with Gasteiger partial charge in [-0.25, -0.2) is 0 Å². The van der Waals surface area contributed by atoms with Crippen LogP contribution in [0.15, 0.2) is 48.5 Å². The van der Waals surface area contributed by atoms with E-state index in [9.17, 15) is 9.59 Å². The van der Waals surface area contributed by atoms with Gasteiger partial charge in [0.1, 0.15) is 0 Å². The third kappa shape index (κ3) is 5.13. The lowest BCUT2D eigenvalue weighted by Crippen LogP contribution is -2.55. The van der Waals surface area contributed by atoms with Crippen LogP contribution < -0.4 is 16.0 Å². The van der Waals surface area contributed by atoms with E-state index in [0.29, 0.717) is 34.1 Å². The molecular formula is C29H35N3O2S. The number of carbonyl (C=O) groups excluding carboxylic acids is 2. The van der Waals surface area contributed by atoms with Gasteiger partial charge in [-0.05, 0) is 116 Å². The average Bonchev–Trinajstić information content (AvgIpc) is 2.79. The minimum Gasteiger partial charge on any atom is -0.332 e. The summed E-state index contributed by atoms with van der Waals surface area (Å²) in [5.74, 6) is 2.09. The molecule has 0 radical (unpaired) electrons. The summed E-state index contributed by atoms with van der Waals surface area (Å²) in [5.41, 5.74) is 3.11. The number of benzene rings is 2. The second kappa shape index (κ2) is 9.05. The van der Waals surface area contributed by atoms with E-state index in [1.54, 1.807) is 0 Å². The molecule has 3 N–H and O–H groups in total. The molecule has 184 valence electrons. The molecule has 2 aromatic rings. The molecule has 0 aliphatic heterocycles. The summed E-state index contributed by atoms with van der Waals surface area (Å²) in [7, 11) is 0. The van der Waals surface area contributed by atoms with Crippen molar-refractivity contribution in [2.45, 2.75) is 64.7 Å². The zero-order valence-electron chi connectivity index (χ0n) is 20.8. The summed E-state index contributed by atoms with van der Waals surface area (Å²) in [4.78, 5) is 25.8. The molecule has 35 heavy (non-hydrogen) atoms. The Balaban J connectivity index is 1.15. The largest absolute Gasteiger partial charge is 0.332 e. The van der Waals surface area contributed by atoms with Gasteiger partial charge in [-0.15, -0.1) is 0 Å². The predicted molar refractivity (Wildman–Crippen MR) is 145 cm³/mol. The summed E-state index contributed by atoms with van der Waals surface area (Å²) in [6.07, 6.45) is 6.96. The summed E-state index contributed by atoms with van der Waals surface area (Å²) >= 11 is 5.46. The van der Waals surface area contributed by atoms with Gasteiger partial charge in [0.25, 0.3) is 5.91 Å². The molecular weight excluding hydrogens is 454 g/mol. The SMILES string of the molecule is CC(C)(C)c1ccc(C(=O)Nc2ccc(NC(=S)NC(=O)C34CC5CC(CC(C5)C3)C4)cc2)cc1. The first-order valence-corrected chi connectivity index (χ1v) is 13.1. The summed E-state index contributed by atoms with van der Waals surface area (Å²) in [5, 5.41) is 9.37. The molecule has 0 unspecified atom stereocenters. The van der Waals surface area contributed by atoms with Crippen LogP contribution in [0.1, 0.15) is 75.2 Å². The predicted octanol–water partition coefficient (Wildman–Crippen LogP) is 6.27. The maximum Gasteiger partial charge on any atom is 0.255 e. The van der Waals surface area contributed by atoms with E-state index in [2.05, 4.69) is 36.7 Å². The highest BCUT2D eigenvalue weighted by molar-refractivity contribution is 7.80. The van der Waals surface area contributed by atoms with E-state index in [4.69, 9.17) is 12.2 Å². The molecule has 4 fully saturated rings. The number of amides is 2. The van der Waals surface area contributed by atoms with Gasteiger partial charge in [0.15, 0.2) is 5.11 Å². The van der Waals surface area contributed by atoms with Crippen LogP contribution in [0.4, 0.5) is 11.4 Å². The fourth-order valence-corrected chi connectivity index (χ4v) is 6.96. The quantitative estimate of drug-likeness (QED) is 0.443. The van der Waals surface area contributed by atoms with Crippen LogP contribution in [0.5, 0.6) is 0 Å². The Kier molecular flexibility index (Phi) is 6.20. The molecule has 4 aliphatic rings. The maximum absolute atomic E-state index is 13.2. The van der Waals surface area contributed by atoms with E-state index < -0.39 is 0 Å². The lowest BCUT2D eigenvalue weighted by Gasteiger charge is -2.55. The number of nitrogens with one attached hydrogen (secondary N) is 3. The molecule has 4 bridgehead atoms. The molecule has 4 saturated carbocycles. The summed E-state index contributed by atoms with van der Waals surface area (Å²) < 4.78 is 0. The number of hydrogen-bond acceptors (Lipinski definition) is 3. The number of hydrogen-bond donors (Lipinski definition) is 3. The summed E-state index contributed by atoms with van der Waals surface area (Å²) in [6, 6.07) is 15.1. The zero-order chi connectivity index (χ0) is 24.8. The number of anilines is 2. The van der Waals surface area contributed by atoms with Crippen molar-refractivity contribution in [2.75, 3.05) is 10.6 Å². The molecule has 2 amide bonds. The maximum atomic E-state index is 13.2. The molecule has 6 rings (SSSR count). The highest BCUT2D eigenvalue weighted by Gasteiger charge is 2.54. The van der Waals surface area contributed by atoms with Crippen LogP contribution in [-0.2, 0) is 10.2 Å². The van der Waals surface area contributed by atoms with Crippen LogP contribution >= 0.6 is 12.2 Å². The molecule has 0 atom stereocenters. The fourth-order valence-electron chi connectivity index (χ4n) is 6.75. The van der Waals surface area contributed by atoms with Gasteiger partial charge < -0.3 is 16.0 Å². The summed E-state index contributed by atoms with van der Waals surface area (Å²) in [6.45, 7) is 6.45. The second-order valence-electron chi connectivity index (χ2n) is 12.0. The standard InChI is InChI=1S/C29H35N3O2S/c1-28(2,3)22-6-4-21(5-7-22)25(33)30-23-8-10-24(11-9-23)31-27(35)32-26(34)29-15-18-12-19(16-29)14-20(13-18)17-29/h4-11,18-20H,12-17H2,1-3H3,(H,30,33)(H2,31,32,34,35). The third-order valence-electron chi connectivity index (χ3n) is 8.16. The first-order valence-electron chi connectivity index (χ1n) is 12.7. The lowest BCUT2D eigenvalue weighted by atomic mass is 9.49. The van der Waals surface area contributed by atoms with Crippen molar-refractivity contribution in [1.29, 1.82) is 0 Å². The van der Waals surface area contributed by atoms with Crippen LogP contribution in [0.25, 0.3) is 0 Å². The van der Waals surface area contributed by atoms with Gasteiger partial charge in [0.05, 0.1) is 5.41 Å². The van der Waals surface area contributed by atoms with Crippen molar-refractivity contribution in [3.63, 3.8) is 0 Å². The Bertz CT molecular complexity index is 1100. The van der Waals surface area contributed by atoms with E-state index in [0.717, 1.165) is 24.9 Å². The zero-order valence-corrected chi connectivity index (χ0v) is 21.6. The Morgan fingerprint density at radius 1 is 0.800 bits per heavy atom. The van der Waals surface area contributed by atoms with E-state index >= 15 is 0 Å². The van der Waals surface area contributed by atoms with Crippen molar-refractivity contribution in [3.05, 3.63) is 59.7 Å². The minimum absolute atomic E-state index is 0.0487. The first-order chi connectivity index (χ1) is 16.6. The number of thiocarbonyl (C=S) groups is 1. The van der Waals surface area contributed by atoms with Gasteiger partial charge in [-0.2, -0.15) is 0 Å². The Morgan fingerprint density at radius 3 is 1.77 bits per heavy atom. The van der Waals surface area contributed by atoms with E-state index in [1.165, 1.54) is 24.8 Å². The van der Waals surface area contributed by atoms with Crippen LogP contribution in [0, 0.1) is 23.2 Å². The molecule has 5 nitrogen and oxygen atoms in total. The second-order valence-corrected chi connectivity index (χ2v) is 12.4.